The molecule has 8 aromatic rings. The molecular weight excluding hydrogens is 625 g/mol. The van der Waals surface area contributed by atoms with Crippen LogP contribution in [0.3, 0.4) is 0 Å². The van der Waals surface area contributed by atoms with Gasteiger partial charge >= 0.3 is 0 Å². The summed E-state index contributed by atoms with van der Waals surface area (Å²) in [5.41, 5.74) is 11.3. The Morgan fingerprint density at radius 2 is 0.843 bits per heavy atom. The van der Waals surface area contributed by atoms with E-state index < -0.39 is 0 Å². The van der Waals surface area contributed by atoms with Crippen molar-refractivity contribution in [3.8, 4) is 56.4 Å². The molecular formula is C45H32N6. The molecule has 1 aliphatic rings. The van der Waals surface area contributed by atoms with Crippen LogP contribution in [0.4, 0.5) is 0 Å². The first-order valence-corrected chi connectivity index (χ1v) is 17.0. The SMILES string of the molecule is CN1CC=CC=C1c1cc(-c2c3ccccc3c(-c3cc(-c4ccccn4)nc(-c4ccccn4)c3)c3ccccc23)cc(-c2ccccn2)n1. The van der Waals surface area contributed by atoms with Gasteiger partial charge < -0.3 is 4.90 Å². The molecule has 0 unspecified atom stereocenters. The predicted molar refractivity (Wildman–Crippen MR) is 207 cm³/mol. The van der Waals surface area contributed by atoms with E-state index in [-0.39, 0.29) is 0 Å². The minimum absolute atomic E-state index is 0.795. The van der Waals surface area contributed by atoms with Gasteiger partial charge in [-0.2, -0.15) is 0 Å². The monoisotopic (exact) mass is 656 g/mol. The fraction of sp³-hybridized carbons (Fsp3) is 0.0444. The fourth-order valence-corrected chi connectivity index (χ4v) is 7.05. The number of rotatable bonds is 6. The van der Waals surface area contributed by atoms with Crippen molar-refractivity contribution in [3.63, 3.8) is 0 Å². The maximum atomic E-state index is 5.18. The van der Waals surface area contributed by atoms with Crippen LogP contribution in [0.25, 0.3) is 83.7 Å². The molecule has 6 heteroatoms. The van der Waals surface area contributed by atoms with Gasteiger partial charge in [0.1, 0.15) is 0 Å². The normalized spacial score (nSPS) is 12.7. The van der Waals surface area contributed by atoms with E-state index in [0.29, 0.717) is 0 Å². The number of pyridine rings is 5. The molecule has 0 radical (unpaired) electrons. The first-order valence-electron chi connectivity index (χ1n) is 17.0. The number of fused-ring (bicyclic) bond motifs is 2. The van der Waals surface area contributed by atoms with Gasteiger partial charge in [0.05, 0.1) is 45.6 Å². The molecule has 51 heavy (non-hydrogen) atoms. The zero-order valence-electron chi connectivity index (χ0n) is 28.0. The first-order chi connectivity index (χ1) is 25.2. The molecule has 5 aromatic heterocycles. The predicted octanol–water partition coefficient (Wildman–Crippen LogP) is 10.1. The highest BCUT2D eigenvalue weighted by atomic mass is 15.1. The lowest BCUT2D eigenvalue weighted by Crippen LogP contribution is -2.19. The highest BCUT2D eigenvalue weighted by Crippen LogP contribution is 2.45. The second-order valence-corrected chi connectivity index (χ2v) is 12.6. The zero-order chi connectivity index (χ0) is 34.1. The molecule has 0 saturated heterocycles. The number of likely N-dealkylation sites (N-methyl/N-ethyl adjacent to an activating group) is 1. The topological polar surface area (TPSA) is 67.7 Å². The highest BCUT2D eigenvalue weighted by molar-refractivity contribution is 6.21. The number of benzene rings is 3. The van der Waals surface area contributed by atoms with Gasteiger partial charge in [0.25, 0.3) is 0 Å². The van der Waals surface area contributed by atoms with Crippen LogP contribution >= 0.6 is 0 Å². The summed E-state index contributed by atoms with van der Waals surface area (Å²) in [5, 5.41) is 4.59. The summed E-state index contributed by atoms with van der Waals surface area (Å²) in [4.78, 5) is 26.5. The number of nitrogens with zero attached hydrogens (tertiary/aromatic N) is 6. The zero-order valence-corrected chi connectivity index (χ0v) is 28.0. The van der Waals surface area contributed by atoms with Crippen LogP contribution < -0.4 is 0 Å². The van der Waals surface area contributed by atoms with Crippen LogP contribution in [0.15, 0.2) is 164 Å². The Morgan fingerprint density at radius 1 is 0.451 bits per heavy atom. The van der Waals surface area contributed by atoms with Gasteiger partial charge in [-0.05, 0) is 111 Å². The molecule has 0 saturated carbocycles. The molecule has 0 N–H and O–H groups in total. The van der Waals surface area contributed by atoms with E-state index in [1.807, 2.05) is 73.2 Å². The third-order valence-corrected chi connectivity index (χ3v) is 9.38. The van der Waals surface area contributed by atoms with E-state index in [9.17, 15) is 0 Å². The lowest BCUT2D eigenvalue weighted by Gasteiger charge is -2.24. The largest absolute Gasteiger partial charge is 0.369 e. The van der Waals surface area contributed by atoms with Gasteiger partial charge in [-0.3, -0.25) is 15.0 Å². The number of allylic oxidation sites excluding steroid dienone is 2. The van der Waals surface area contributed by atoms with Gasteiger partial charge in [0, 0.05) is 32.2 Å². The Balaban J connectivity index is 1.35. The van der Waals surface area contributed by atoms with Gasteiger partial charge in [-0.25, -0.2) is 9.97 Å². The summed E-state index contributed by atoms with van der Waals surface area (Å²) in [6.45, 7) is 0.824. The Morgan fingerprint density at radius 3 is 1.24 bits per heavy atom. The van der Waals surface area contributed by atoms with Crippen molar-refractivity contribution >= 4 is 27.2 Å². The van der Waals surface area contributed by atoms with Crippen LogP contribution in [0.1, 0.15) is 5.69 Å². The Kier molecular flexibility index (Phi) is 7.67. The molecule has 242 valence electrons. The van der Waals surface area contributed by atoms with Crippen molar-refractivity contribution in [1.82, 2.24) is 29.8 Å². The van der Waals surface area contributed by atoms with Crippen molar-refractivity contribution < 1.29 is 0 Å². The van der Waals surface area contributed by atoms with E-state index in [1.54, 1.807) is 0 Å². The average molecular weight is 657 g/mol. The van der Waals surface area contributed by atoms with Crippen LogP contribution in [-0.4, -0.2) is 43.4 Å². The molecule has 0 atom stereocenters. The van der Waals surface area contributed by atoms with Crippen molar-refractivity contribution in [2.45, 2.75) is 0 Å². The van der Waals surface area contributed by atoms with E-state index in [4.69, 9.17) is 15.0 Å². The van der Waals surface area contributed by atoms with Crippen molar-refractivity contribution in [2.24, 2.45) is 0 Å². The van der Waals surface area contributed by atoms with Gasteiger partial charge in [0.15, 0.2) is 0 Å². The van der Waals surface area contributed by atoms with Crippen LogP contribution in [0.2, 0.25) is 0 Å². The number of aromatic nitrogens is 5. The number of hydrogen-bond donors (Lipinski definition) is 0. The van der Waals surface area contributed by atoms with Crippen molar-refractivity contribution in [1.29, 1.82) is 0 Å². The third-order valence-electron chi connectivity index (χ3n) is 9.38. The minimum Gasteiger partial charge on any atom is -0.369 e. The van der Waals surface area contributed by atoms with Gasteiger partial charge in [-0.1, -0.05) is 78.9 Å². The number of hydrogen-bond acceptors (Lipinski definition) is 6. The standard InChI is InChI=1S/C45H32N6/c1-51-25-13-9-21-43(51)42-29-31(28-41(50-42)38-20-8-12-24-48-38)45-34-16-4-2-14-32(34)44(33-15-3-5-17-35(33)45)30-26-39(36-18-6-10-22-46-36)49-40(27-30)37-19-7-11-23-47-37/h2-24,26-29H,25H2,1H3. The third kappa shape index (κ3) is 5.63. The summed E-state index contributed by atoms with van der Waals surface area (Å²) in [7, 11) is 2.11. The van der Waals surface area contributed by atoms with Crippen molar-refractivity contribution in [3.05, 3.63) is 170 Å². The van der Waals surface area contributed by atoms with Crippen LogP contribution in [0.5, 0.6) is 0 Å². The molecule has 0 spiro atoms. The van der Waals surface area contributed by atoms with E-state index in [2.05, 4.69) is 113 Å². The molecule has 1 aliphatic heterocycles. The molecule has 6 heterocycles. The van der Waals surface area contributed by atoms with Gasteiger partial charge in [-0.15, -0.1) is 0 Å². The molecule has 9 rings (SSSR count). The lowest BCUT2D eigenvalue weighted by molar-refractivity contribution is 0.529. The summed E-state index contributed by atoms with van der Waals surface area (Å²) in [6, 6.07) is 44.0. The molecule has 0 amide bonds. The molecule has 0 fully saturated rings. The molecule has 0 bridgehead atoms. The van der Waals surface area contributed by atoms with Crippen LogP contribution in [0, 0.1) is 0 Å². The maximum Gasteiger partial charge on any atom is 0.0900 e. The summed E-state index contributed by atoms with van der Waals surface area (Å²) < 4.78 is 0. The molecule has 0 aliphatic carbocycles. The van der Waals surface area contributed by atoms with Gasteiger partial charge in [0.2, 0.25) is 0 Å². The van der Waals surface area contributed by atoms with E-state index in [0.717, 1.165) is 95.9 Å². The smallest absolute Gasteiger partial charge is 0.0900 e. The molecule has 3 aromatic carbocycles. The van der Waals surface area contributed by atoms with Crippen LogP contribution in [-0.2, 0) is 0 Å². The van der Waals surface area contributed by atoms with Crippen molar-refractivity contribution in [2.75, 3.05) is 13.6 Å². The Labute approximate surface area is 296 Å². The quantitative estimate of drug-likeness (QED) is 0.166. The summed E-state index contributed by atoms with van der Waals surface area (Å²) >= 11 is 0. The first kappa shape index (κ1) is 30.3. The Bertz CT molecular complexity index is 2500. The summed E-state index contributed by atoms with van der Waals surface area (Å²) in [5.74, 6) is 0. The van der Waals surface area contributed by atoms with E-state index >= 15 is 0 Å². The minimum atomic E-state index is 0.795. The highest BCUT2D eigenvalue weighted by Gasteiger charge is 2.21. The molecule has 6 nitrogen and oxygen atoms in total. The lowest BCUT2D eigenvalue weighted by atomic mass is 9.85. The van der Waals surface area contributed by atoms with E-state index in [1.165, 1.54) is 0 Å². The maximum absolute atomic E-state index is 5.18. The second-order valence-electron chi connectivity index (χ2n) is 12.6. The average Bonchev–Trinajstić information content (AvgIpc) is 3.20. The Hall–Kier alpha value is -6.79. The second kappa shape index (κ2) is 12.9. The fourth-order valence-electron chi connectivity index (χ4n) is 7.05. The summed E-state index contributed by atoms with van der Waals surface area (Å²) in [6.07, 6.45) is 11.8.